The van der Waals surface area contributed by atoms with Crippen LogP contribution < -0.4 is 0 Å². The highest BCUT2D eigenvalue weighted by molar-refractivity contribution is 7.91. The molecule has 1 atom stereocenters. The van der Waals surface area contributed by atoms with Crippen molar-refractivity contribution in [1.29, 1.82) is 0 Å². The van der Waals surface area contributed by atoms with Crippen LogP contribution in [0.25, 0.3) is 11.0 Å². The molecule has 0 amide bonds. The second-order valence-electron chi connectivity index (χ2n) is 4.71. The molecule has 0 fully saturated rings. The first-order valence-electron chi connectivity index (χ1n) is 6.15. The maximum Gasteiger partial charge on any atom is 0.177 e. The van der Waals surface area contributed by atoms with Crippen LogP contribution in [-0.4, -0.2) is 37.4 Å². The van der Waals surface area contributed by atoms with Gasteiger partial charge in [0.15, 0.2) is 9.84 Å². The van der Waals surface area contributed by atoms with Crippen molar-refractivity contribution in [3.63, 3.8) is 0 Å². The highest BCUT2D eigenvalue weighted by atomic mass is 35.5. The Morgan fingerprint density at radius 1 is 1.45 bits per heavy atom. The van der Waals surface area contributed by atoms with E-state index in [1.807, 2.05) is 17.6 Å². The van der Waals surface area contributed by atoms with Gasteiger partial charge in [0.2, 0.25) is 0 Å². The third-order valence-electron chi connectivity index (χ3n) is 3.18. The molecular weight excluding hydrogens is 300 g/mol. The molecule has 0 bridgehead atoms. The van der Waals surface area contributed by atoms with Gasteiger partial charge in [-0.25, -0.2) is 13.4 Å². The van der Waals surface area contributed by atoms with Crippen LogP contribution in [-0.2, 0) is 27.0 Å². The lowest BCUT2D eigenvalue weighted by molar-refractivity contribution is 0.103. The van der Waals surface area contributed by atoms with E-state index in [-0.39, 0.29) is 16.9 Å². The van der Waals surface area contributed by atoms with E-state index in [0.717, 1.165) is 5.52 Å². The number of sulfone groups is 1. The number of nitrogens with zero attached hydrogens (tertiary/aromatic N) is 2. The summed E-state index contributed by atoms with van der Waals surface area (Å²) in [6.07, 6.45) is 1.16. The van der Waals surface area contributed by atoms with E-state index in [1.54, 1.807) is 19.2 Å². The van der Waals surface area contributed by atoms with Crippen molar-refractivity contribution < 1.29 is 13.2 Å². The number of ether oxygens (including phenoxy) is 1. The van der Waals surface area contributed by atoms with E-state index in [0.29, 0.717) is 17.9 Å². The normalized spacial score (nSPS) is 13.8. The monoisotopic (exact) mass is 316 g/mol. The third kappa shape index (κ3) is 2.82. The summed E-state index contributed by atoms with van der Waals surface area (Å²) < 4.78 is 30.8. The van der Waals surface area contributed by atoms with E-state index in [9.17, 15) is 8.42 Å². The number of rotatable bonds is 5. The van der Waals surface area contributed by atoms with Crippen molar-refractivity contribution in [3.05, 3.63) is 24.0 Å². The Kier molecular flexibility index (Phi) is 4.36. The minimum atomic E-state index is -3.33. The van der Waals surface area contributed by atoms with Crippen molar-refractivity contribution in [2.45, 2.75) is 30.3 Å². The third-order valence-corrected chi connectivity index (χ3v) is 4.55. The minimum Gasteiger partial charge on any atom is -0.380 e. The number of fused-ring (bicyclic) bond motifs is 1. The molecule has 1 heterocycles. The van der Waals surface area contributed by atoms with E-state index >= 15 is 0 Å². The molecule has 5 nitrogen and oxygen atoms in total. The van der Waals surface area contributed by atoms with Gasteiger partial charge in [0.25, 0.3) is 0 Å². The first-order chi connectivity index (χ1) is 9.38. The second-order valence-corrected chi connectivity index (χ2v) is 6.97. The zero-order valence-electron chi connectivity index (χ0n) is 11.6. The number of methoxy groups -OCH3 is 1. The van der Waals surface area contributed by atoms with Crippen LogP contribution in [0.1, 0.15) is 12.7 Å². The molecule has 0 spiro atoms. The van der Waals surface area contributed by atoms with Crippen molar-refractivity contribution in [2.75, 3.05) is 13.4 Å². The lowest BCUT2D eigenvalue weighted by atomic mass is 10.3. The SMILES string of the molecule is COC(C)Cn1c(CCl)nc2c(S(C)(=O)=O)cccc21. The Balaban J connectivity index is 2.69. The topological polar surface area (TPSA) is 61.2 Å². The number of para-hydroxylation sites is 1. The second kappa shape index (κ2) is 5.71. The van der Waals surface area contributed by atoms with Gasteiger partial charge in [-0.1, -0.05) is 6.07 Å². The zero-order chi connectivity index (χ0) is 14.9. The number of imidazole rings is 1. The van der Waals surface area contributed by atoms with Crippen LogP contribution in [0.2, 0.25) is 0 Å². The molecule has 0 saturated carbocycles. The number of aromatic nitrogens is 2. The van der Waals surface area contributed by atoms with Gasteiger partial charge < -0.3 is 9.30 Å². The summed E-state index contributed by atoms with van der Waals surface area (Å²) in [6, 6.07) is 5.12. The first-order valence-corrected chi connectivity index (χ1v) is 8.58. The quantitative estimate of drug-likeness (QED) is 0.794. The molecule has 110 valence electrons. The average molecular weight is 317 g/mol. The molecule has 0 saturated heterocycles. The highest BCUT2D eigenvalue weighted by Crippen LogP contribution is 2.25. The van der Waals surface area contributed by atoms with Crippen LogP contribution in [0.3, 0.4) is 0 Å². The van der Waals surface area contributed by atoms with Crippen LogP contribution in [0.15, 0.2) is 23.1 Å². The standard InChI is InChI=1S/C13H17ClN2O3S/c1-9(19-2)8-16-10-5-4-6-11(20(3,17)18)13(10)15-12(16)7-14/h4-6,9H,7-8H2,1-3H3. The number of alkyl halides is 1. The van der Waals surface area contributed by atoms with Crippen molar-refractivity contribution in [3.8, 4) is 0 Å². The fourth-order valence-electron chi connectivity index (χ4n) is 2.11. The molecule has 2 aromatic rings. The lowest BCUT2D eigenvalue weighted by Crippen LogP contribution is -2.16. The predicted molar refractivity (Wildman–Crippen MR) is 78.9 cm³/mol. The maximum absolute atomic E-state index is 11.8. The van der Waals surface area contributed by atoms with Gasteiger partial charge >= 0.3 is 0 Å². The molecule has 0 radical (unpaired) electrons. The van der Waals surface area contributed by atoms with Gasteiger partial charge in [0, 0.05) is 13.4 Å². The van der Waals surface area contributed by atoms with Crippen LogP contribution >= 0.6 is 11.6 Å². The van der Waals surface area contributed by atoms with Gasteiger partial charge in [-0.3, -0.25) is 0 Å². The first kappa shape index (κ1) is 15.3. The molecule has 0 aliphatic rings. The molecule has 1 unspecified atom stereocenters. The molecule has 0 aliphatic heterocycles. The Labute approximate surface area is 123 Å². The molecule has 0 aliphatic carbocycles. The molecule has 7 heteroatoms. The summed E-state index contributed by atoms with van der Waals surface area (Å²) >= 11 is 5.92. The summed E-state index contributed by atoms with van der Waals surface area (Å²) in [7, 11) is -1.69. The van der Waals surface area contributed by atoms with Crippen molar-refractivity contribution in [1.82, 2.24) is 9.55 Å². The Bertz CT molecular complexity index is 725. The smallest absolute Gasteiger partial charge is 0.177 e. The number of hydrogen-bond acceptors (Lipinski definition) is 4. The molecule has 1 aromatic heterocycles. The summed E-state index contributed by atoms with van der Waals surface area (Å²) in [4.78, 5) is 4.61. The average Bonchev–Trinajstić information content (AvgIpc) is 2.75. The number of benzene rings is 1. The van der Waals surface area contributed by atoms with E-state index < -0.39 is 9.84 Å². The van der Waals surface area contributed by atoms with E-state index in [2.05, 4.69) is 4.98 Å². The summed E-state index contributed by atoms with van der Waals surface area (Å²) in [5.41, 5.74) is 1.22. The molecular formula is C13H17ClN2O3S. The van der Waals surface area contributed by atoms with E-state index in [4.69, 9.17) is 16.3 Å². The van der Waals surface area contributed by atoms with Crippen LogP contribution in [0, 0.1) is 0 Å². The van der Waals surface area contributed by atoms with Gasteiger partial charge in [-0.2, -0.15) is 0 Å². The van der Waals surface area contributed by atoms with Gasteiger partial charge in [0.1, 0.15) is 11.3 Å². The Hall–Kier alpha value is -1.11. The molecule has 2 rings (SSSR count). The Morgan fingerprint density at radius 3 is 2.70 bits per heavy atom. The molecule has 1 aromatic carbocycles. The number of hydrogen-bond donors (Lipinski definition) is 0. The lowest BCUT2D eigenvalue weighted by Gasteiger charge is -2.13. The summed E-state index contributed by atoms with van der Waals surface area (Å²) in [6.45, 7) is 2.51. The Morgan fingerprint density at radius 2 is 2.15 bits per heavy atom. The largest absolute Gasteiger partial charge is 0.380 e. The van der Waals surface area contributed by atoms with Gasteiger partial charge in [-0.05, 0) is 19.1 Å². The summed E-state index contributed by atoms with van der Waals surface area (Å²) in [5, 5.41) is 0. The fraction of sp³-hybridized carbons (Fsp3) is 0.462. The molecule has 0 N–H and O–H groups in total. The summed E-state index contributed by atoms with van der Waals surface area (Å²) in [5.74, 6) is 0.857. The highest BCUT2D eigenvalue weighted by Gasteiger charge is 2.19. The minimum absolute atomic E-state index is 0.0174. The van der Waals surface area contributed by atoms with Gasteiger partial charge in [0.05, 0.1) is 28.9 Å². The maximum atomic E-state index is 11.8. The van der Waals surface area contributed by atoms with Crippen molar-refractivity contribution >= 4 is 32.5 Å². The van der Waals surface area contributed by atoms with Gasteiger partial charge in [-0.15, -0.1) is 11.6 Å². The predicted octanol–water partition coefficient (Wildman–Crippen LogP) is 2.21. The fourth-order valence-corrected chi connectivity index (χ4v) is 3.14. The van der Waals surface area contributed by atoms with E-state index in [1.165, 1.54) is 6.26 Å². The van der Waals surface area contributed by atoms with Crippen molar-refractivity contribution in [2.24, 2.45) is 0 Å². The zero-order valence-corrected chi connectivity index (χ0v) is 13.2. The molecule has 20 heavy (non-hydrogen) atoms. The van der Waals surface area contributed by atoms with Crippen LogP contribution in [0.4, 0.5) is 0 Å². The van der Waals surface area contributed by atoms with Crippen LogP contribution in [0.5, 0.6) is 0 Å². The number of halogens is 1.